The summed E-state index contributed by atoms with van der Waals surface area (Å²) in [4.78, 5) is 13.3. The van der Waals surface area contributed by atoms with Crippen molar-refractivity contribution in [3.8, 4) is 5.69 Å². The van der Waals surface area contributed by atoms with Crippen LogP contribution in [-0.4, -0.2) is 36.0 Å². The van der Waals surface area contributed by atoms with Gasteiger partial charge < -0.3 is 15.4 Å². The smallest absolute Gasteiger partial charge is 0.324 e. The van der Waals surface area contributed by atoms with Crippen molar-refractivity contribution < 1.29 is 9.53 Å². The Kier molecular flexibility index (Phi) is 7.23. The van der Waals surface area contributed by atoms with Crippen molar-refractivity contribution in [3.05, 3.63) is 82.5 Å². The van der Waals surface area contributed by atoms with Crippen molar-refractivity contribution in [1.82, 2.24) is 15.1 Å². The van der Waals surface area contributed by atoms with E-state index in [0.717, 1.165) is 59.2 Å². The minimum atomic E-state index is -0.340. The van der Waals surface area contributed by atoms with Crippen molar-refractivity contribution >= 4 is 39.9 Å². The molecule has 36 heavy (non-hydrogen) atoms. The molecule has 3 aromatic carbocycles. The number of piperidine rings is 1. The summed E-state index contributed by atoms with van der Waals surface area (Å²) in [6, 6.07) is 19.1. The summed E-state index contributed by atoms with van der Waals surface area (Å²) in [5.41, 5.74) is 4.60. The SMILES string of the molecule is COCc1ccc2c(Cl)ccc(NC(=O)Nc3c(C)c(C4CCNCC4)nn3-c3ccccc3)c2c1. The number of carbonyl (C=O) groups is 1. The van der Waals surface area contributed by atoms with Crippen LogP contribution in [0.1, 0.15) is 35.6 Å². The molecule has 4 aromatic rings. The summed E-state index contributed by atoms with van der Waals surface area (Å²) in [6.45, 7) is 4.46. The van der Waals surface area contributed by atoms with Crippen LogP contribution in [-0.2, 0) is 11.3 Å². The van der Waals surface area contributed by atoms with Gasteiger partial charge in [-0.15, -0.1) is 0 Å². The first-order valence-corrected chi connectivity index (χ1v) is 12.6. The zero-order valence-electron chi connectivity index (χ0n) is 20.5. The van der Waals surface area contributed by atoms with Crippen LogP contribution in [0, 0.1) is 6.92 Å². The van der Waals surface area contributed by atoms with E-state index in [1.54, 1.807) is 13.2 Å². The van der Waals surface area contributed by atoms with E-state index in [2.05, 4.69) is 16.0 Å². The topological polar surface area (TPSA) is 80.2 Å². The van der Waals surface area contributed by atoms with Crippen molar-refractivity contribution in [3.63, 3.8) is 0 Å². The summed E-state index contributed by atoms with van der Waals surface area (Å²) < 4.78 is 7.12. The number of urea groups is 1. The minimum Gasteiger partial charge on any atom is -0.380 e. The lowest BCUT2D eigenvalue weighted by Gasteiger charge is -2.21. The molecule has 0 unspecified atom stereocenters. The van der Waals surface area contributed by atoms with Crippen LogP contribution in [0.5, 0.6) is 0 Å². The molecule has 1 saturated heterocycles. The lowest BCUT2D eigenvalue weighted by Crippen LogP contribution is -2.27. The van der Waals surface area contributed by atoms with Crippen LogP contribution < -0.4 is 16.0 Å². The number of aromatic nitrogens is 2. The number of nitrogens with one attached hydrogen (secondary N) is 3. The Bertz CT molecular complexity index is 1380. The van der Waals surface area contributed by atoms with Crippen molar-refractivity contribution in [1.29, 1.82) is 0 Å². The number of amides is 2. The molecule has 3 N–H and O–H groups in total. The molecular weight excluding hydrogens is 474 g/mol. The zero-order chi connectivity index (χ0) is 25.1. The van der Waals surface area contributed by atoms with Gasteiger partial charge in [0.25, 0.3) is 0 Å². The molecule has 5 rings (SSSR count). The number of methoxy groups -OCH3 is 1. The van der Waals surface area contributed by atoms with Gasteiger partial charge in [0, 0.05) is 34.4 Å². The van der Waals surface area contributed by atoms with Crippen LogP contribution in [0.25, 0.3) is 16.5 Å². The van der Waals surface area contributed by atoms with E-state index in [9.17, 15) is 4.79 Å². The van der Waals surface area contributed by atoms with E-state index in [-0.39, 0.29) is 6.03 Å². The molecule has 1 fully saturated rings. The Labute approximate surface area is 215 Å². The maximum absolute atomic E-state index is 13.3. The van der Waals surface area contributed by atoms with E-state index < -0.39 is 0 Å². The predicted molar refractivity (Wildman–Crippen MR) is 145 cm³/mol. The van der Waals surface area contributed by atoms with Crippen LogP contribution in [0.3, 0.4) is 0 Å². The molecule has 2 amide bonds. The Balaban J connectivity index is 1.47. The molecule has 8 heteroatoms. The highest BCUT2D eigenvalue weighted by Gasteiger charge is 2.25. The minimum absolute atomic E-state index is 0.340. The molecule has 0 spiro atoms. The van der Waals surface area contributed by atoms with Crippen molar-refractivity contribution in [2.45, 2.75) is 32.3 Å². The second kappa shape index (κ2) is 10.7. The number of para-hydroxylation sites is 1. The number of fused-ring (bicyclic) bond motifs is 1. The number of benzene rings is 3. The molecule has 0 bridgehead atoms. The summed E-state index contributed by atoms with van der Waals surface area (Å²) in [6.07, 6.45) is 2.05. The fourth-order valence-electron chi connectivity index (χ4n) is 4.88. The van der Waals surface area contributed by atoms with Crippen LogP contribution >= 0.6 is 11.6 Å². The molecule has 0 radical (unpaired) electrons. The average molecular weight is 504 g/mol. The maximum Gasteiger partial charge on any atom is 0.324 e. The molecule has 2 heterocycles. The van der Waals surface area contributed by atoms with Gasteiger partial charge in [0.15, 0.2) is 0 Å². The maximum atomic E-state index is 13.3. The number of ether oxygens (including phenoxy) is 1. The first-order chi connectivity index (χ1) is 17.5. The molecular formula is C28H30ClN5O2. The van der Waals surface area contributed by atoms with Gasteiger partial charge in [-0.3, -0.25) is 5.32 Å². The largest absolute Gasteiger partial charge is 0.380 e. The van der Waals surface area contributed by atoms with E-state index in [0.29, 0.717) is 29.1 Å². The van der Waals surface area contributed by atoms with Gasteiger partial charge in [-0.25, -0.2) is 9.48 Å². The van der Waals surface area contributed by atoms with Gasteiger partial charge in [0.1, 0.15) is 5.82 Å². The average Bonchev–Trinajstić information content (AvgIpc) is 3.22. The lowest BCUT2D eigenvalue weighted by molar-refractivity contribution is 0.185. The van der Waals surface area contributed by atoms with Crippen LogP contribution in [0.4, 0.5) is 16.3 Å². The monoisotopic (exact) mass is 503 g/mol. The number of hydrogen-bond donors (Lipinski definition) is 3. The predicted octanol–water partition coefficient (Wildman–Crippen LogP) is 6.24. The van der Waals surface area contributed by atoms with E-state index in [4.69, 9.17) is 21.4 Å². The number of anilines is 2. The Morgan fingerprint density at radius 2 is 1.86 bits per heavy atom. The number of rotatable bonds is 6. The summed E-state index contributed by atoms with van der Waals surface area (Å²) in [5.74, 6) is 1.03. The van der Waals surface area contributed by atoms with Crippen LogP contribution in [0.15, 0.2) is 60.7 Å². The Morgan fingerprint density at radius 3 is 2.61 bits per heavy atom. The molecule has 0 saturated carbocycles. The first-order valence-electron chi connectivity index (χ1n) is 12.2. The molecule has 0 atom stereocenters. The quantitative estimate of drug-likeness (QED) is 0.291. The second-order valence-corrected chi connectivity index (χ2v) is 9.52. The highest BCUT2D eigenvalue weighted by Crippen LogP contribution is 2.34. The highest BCUT2D eigenvalue weighted by atomic mass is 35.5. The molecule has 1 aromatic heterocycles. The van der Waals surface area contributed by atoms with Crippen LogP contribution in [0.2, 0.25) is 5.02 Å². The number of halogens is 1. The molecule has 186 valence electrons. The van der Waals surface area contributed by atoms with E-state index in [1.165, 1.54) is 0 Å². The van der Waals surface area contributed by atoms with Gasteiger partial charge >= 0.3 is 6.03 Å². The Hall–Kier alpha value is -3.39. The number of hydrogen-bond acceptors (Lipinski definition) is 4. The summed E-state index contributed by atoms with van der Waals surface area (Å²) in [5, 5.41) is 16.8. The third-order valence-electron chi connectivity index (χ3n) is 6.70. The van der Waals surface area contributed by atoms with Gasteiger partial charge in [0.2, 0.25) is 0 Å². The first kappa shape index (κ1) is 24.3. The fraction of sp³-hybridized carbons (Fsp3) is 0.286. The van der Waals surface area contributed by atoms with Crippen molar-refractivity contribution in [2.75, 3.05) is 30.8 Å². The molecule has 1 aliphatic rings. The summed E-state index contributed by atoms with van der Waals surface area (Å²) >= 11 is 6.44. The third-order valence-corrected chi connectivity index (χ3v) is 7.03. The van der Waals surface area contributed by atoms with Gasteiger partial charge in [-0.1, -0.05) is 41.9 Å². The third kappa shape index (κ3) is 4.95. The standard InChI is InChI=1S/C28H30ClN5O2/c1-18-26(20-12-14-30-15-13-20)33-34(21-6-4-3-5-7-21)27(18)32-28(35)31-25-11-10-24(29)22-9-8-19(17-36-2)16-23(22)25/h3-11,16,20,30H,12-15,17H2,1-2H3,(H2,31,32,35). The fourth-order valence-corrected chi connectivity index (χ4v) is 5.11. The van der Waals surface area contributed by atoms with Crippen molar-refractivity contribution in [2.24, 2.45) is 0 Å². The Morgan fingerprint density at radius 1 is 1.08 bits per heavy atom. The zero-order valence-corrected chi connectivity index (χ0v) is 21.2. The number of nitrogens with zero attached hydrogens (tertiary/aromatic N) is 2. The normalized spacial score (nSPS) is 14.2. The molecule has 0 aliphatic carbocycles. The molecule has 1 aliphatic heterocycles. The lowest BCUT2D eigenvalue weighted by atomic mass is 9.92. The highest BCUT2D eigenvalue weighted by molar-refractivity contribution is 6.36. The number of carbonyl (C=O) groups excluding carboxylic acids is 1. The van der Waals surface area contributed by atoms with Gasteiger partial charge in [-0.05, 0) is 68.8 Å². The summed E-state index contributed by atoms with van der Waals surface area (Å²) in [7, 11) is 1.66. The van der Waals surface area contributed by atoms with E-state index >= 15 is 0 Å². The van der Waals surface area contributed by atoms with Gasteiger partial charge in [0.05, 0.1) is 23.7 Å². The van der Waals surface area contributed by atoms with E-state index in [1.807, 2.05) is 66.2 Å². The molecule has 7 nitrogen and oxygen atoms in total. The van der Waals surface area contributed by atoms with Gasteiger partial charge in [-0.2, -0.15) is 5.10 Å². The second-order valence-electron chi connectivity index (χ2n) is 9.12.